The van der Waals surface area contributed by atoms with Gasteiger partial charge in [0.25, 0.3) is 0 Å². The zero-order valence-corrected chi connectivity index (χ0v) is 22.1. The van der Waals surface area contributed by atoms with Crippen molar-refractivity contribution in [2.45, 2.75) is 122 Å². The number of hydrogen-bond donors (Lipinski definition) is 4. The van der Waals surface area contributed by atoms with E-state index in [4.69, 9.17) is 0 Å². The summed E-state index contributed by atoms with van der Waals surface area (Å²) in [5.74, 6) is 0. The Morgan fingerprint density at radius 3 is 1.67 bits per heavy atom. The molecule has 1 aromatic rings. The normalized spacial score (nSPS) is 12.5. The second-order valence-electron chi connectivity index (χ2n) is 9.24. The van der Waals surface area contributed by atoms with Crippen LogP contribution in [0, 0.1) is 0 Å². The van der Waals surface area contributed by atoms with E-state index >= 15 is 0 Å². The van der Waals surface area contributed by atoms with Gasteiger partial charge in [-0.25, -0.2) is 4.57 Å². The molecule has 1 rings (SSSR count). The Bertz CT molecular complexity index is 711. The van der Waals surface area contributed by atoms with Crippen LogP contribution in [0.5, 0.6) is 0 Å². The van der Waals surface area contributed by atoms with Crippen LogP contribution in [0.15, 0.2) is 24.5 Å². The van der Waals surface area contributed by atoms with Crippen LogP contribution in [0.4, 0.5) is 0 Å². The lowest BCUT2D eigenvalue weighted by atomic mass is 10.0. The van der Waals surface area contributed by atoms with Gasteiger partial charge in [-0.2, -0.15) is 0 Å². The highest BCUT2D eigenvalue weighted by Crippen LogP contribution is 2.61. The molecule has 1 heterocycles. The van der Waals surface area contributed by atoms with E-state index in [1.54, 1.807) is 0 Å². The number of rotatable bonds is 20. The van der Waals surface area contributed by atoms with E-state index in [-0.39, 0.29) is 12.8 Å². The van der Waals surface area contributed by atoms with Gasteiger partial charge in [-0.1, -0.05) is 84.0 Å². The smallest absolute Gasteiger partial charge is 0.324 e. The fourth-order valence-corrected chi connectivity index (χ4v) is 6.68. The molecule has 1 aromatic heterocycles. The van der Waals surface area contributed by atoms with Crippen molar-refractivity contribution in [2.75, 3.05) is 0 Å². The van der Waals surface area contributed by atoms with Crippen LogP contribution < -0.4 is 4.57 Å². The van der Waals surface area contributed by atoms with Gasteiger partial charge >= 0.3 is 15.2 Å². The Hall–Kier alpha value is -0.550. The Morgan fingerprint density at radius 2 is 1.21 bits per heavy atom. The molecule has 0 aliphatic heterocycles. The summed E-state index contributed by atoms with van der Waals surface area (Å²) in [6.07, 6.45) is 22.3. The van der Waals surface area contributed by atoms with E-state index in [1.807, 2.05) is 29.1 Å². The van der Waals surface area contributed by atoms with Gasteiger partial charge in [-0.15, -0.1) is 0 Å². The van der Waals surface area contributed by atoms with Crippen molar-refractivity contribution in [3.63, 3.8) is 0 Å². The summed E-state index contributed by atoms with van der Waals surface area (Å²) in [7, 11) is -9.72. The molecule has 0 unspecified atom stereocenters. The van der Waals surface area contributed by atoms with Crippen molar-refractivity contribution in [2.24, 2.45) is 0 Å². The van der Waals surface area contributed by atoms with Crippen molar-refractivity contribution in [3.8, 4) is 0 Å². The molecule has 0 fully saturated rings. The summed E-state index contributed by atoms with van der Waals surface area (Å²) in [5, 5.41) is -1.94. The van der Waals surface area contributed by atoms with Crippen LogP contribution in [-0.4, -0.2) is 25.0 Å². The summed E-state index contributed by atoms with van der Waals surface area (Å²) < 4.78 is 24.9. The summed E-state index contributed by atoms with van der Waals surface area (Å²) in [6, 6.07) is 3.68. The van der Waals surface area contributed by atoms with Crippen LogP contribution in [0.1, 0.15) is 109 Å². The molecule has 0 aliphatic carbocycles. The molecule has 9 heteroatoms. The summed E-state index contributed by atoms with van der Waals surface area (Å²) >= 11 is 0. The van der Waals surface area contributed by atoms with Gasteiger partial charge in [0, 0.05) is 18.1 Å². The average Bonchev–Trinajstić information content (AvgIpc) is 2.72. The van der Waals surface area contributed by atoms with E-state index in [0.29, 0.717) is 0 Å². The molecule has 0 atom stereocenters. The van der Waals surface area contributed by atoms with Crippen LogP contribution in [0.25, 0.3) is 0 Å². The molecule has 0 bridgehead atoms. The van der Waals surface area contributed by atoms with E-state index in [2.05, 4.69) is 6.92 Å². The number of aromatic nitrogens is 1. The largest absolute Gasteiger partial charge is 0.340 e. The van der Waals surface area contributed by atoms with Crippen molar-refractivity contribution in [3.05, 3.63) is 30.1 Å². The van der Waals surface area contributed by atoms with Gasteiger partial charge in [-0.05, 0) is 25.3 Å². The summed E-state index contributed by atoms with van der Waals surface area (Å²) in [5.41, 5.74) is 0.815. The Labute approximate surface area is 200 Å². The number of pyridine rings is 1. The highest BCUT2D eigenvalue weighted by atomic mass is 31.2. The fourth-order valence-electron chi connectivity index (χ4n) is 4.18. The zero-order chi connectivity index (χ0) is 24.6. The van der Waals surface area contributed by atoms with Crippen molar-refractivity contribution in [1.29, 1.82) is 0 Å². The van der Waals surface area contributed by atoms with Crippen molar-refractivity contribution < 1.29 is 33.3 Å². The number of hydrogen-bond acceptors (Lipinski definition) is 2. The summed E-state index contributed by atoms with van der Waals surface area (Å²) in [6.45, 7) is 3.12. The van der Waals surface area contributed by atoms with Gasteiger partial charge in [0.1, 0.15) is 6.54 Å². The maximum absolute atomic E-state index is 11.4. The van der Waals surface area contributed by atoms with Gasteiger partial charge in [0.05, 0.1) is 0 Å². The lowest BCUT2D eigenvalue weighted by Gasteiger charge is -2.19. The number of aryl methyl sites for hydroxylation is 2. The quantitative estimate of drug-likeness (QED) is 0.0968. The molecular weight excluding hydrogens is 460 g/mol. The first-order valence-corrected chi connectivity index (χ1v) is 16.1. The van der Waals surface area contributed by atoms with Crippen LogP contribution in [-0.2, 0) is 22.1 Å². The standard InChI is InChI=1S/C24H45NO6P2/c1-2-3-4-5-6-7-8-9-10-11-12-13-14-15-20-25-21-16-17-23(22-25)18-19-24(32(26,27)28)33(29,30)31/h16-17,21-22,24H,2-15,18-20H2,1H3,(H3-,26,27,28,29,30,31)/p+1. The number of unbranched alkanes of at least 4 members (excludes halogenated alkanes) is 13. The molecule has 0 aromatic carbocycles. The van der Waals surface area contributed by atoms with Crippen molar-refractivity contribution in [1.82, 2.24) is 0 Å². The number of nitrogens with zero attached hydrogens (tertiary/aromatic N) is 1. The van der Waals surface area contributed by atoms with Crippen LogP contribution in [0.2, 0.25) is 0 Å². The molecule has 33 heavy (non-hydrogen) atoms. The van der Waals surface area contributed by atoms with Crippen molar-refractivity contribution >= 4 is 15.2 Å². The molecule has 0 radical (unpaired) electrons. The molecule has 4 N–H and O–H groups in total. The topological polar surface area (TPSA) is 119 Å². The van der Waals surface area contributed by atoms with Gasteiger partial charge < -0.3 is 19.6 Å². The fraction of sp³-hybridized carbons (Fsp3) is 0.792. The van der Waals surface area contributed by atoms with E-state index < -0.39 is 20.6 Å². The first kappa shape index (κ1) is 30.5. The zero-order valence-electron chi connectivity index (χ0n) is 20.4. The molecule has 0 amide bonds. The predicted molar refractivity (Wildman–Crippen MR) is 133 cm³/mol. The molecule has 7 nitrogen and oxygen atoms in total. The lowest BCUT2D eigenvalue weighted by molar-refractivity contribution is -0.697. The van der Waals surface area contributed by atoms with E-state index in [1.165, 1.54) is 83.5 Å². The Balaban J connectivity index is 2.16. The molecule has 0 aliphatic rings. The molecule has 192 valence electrons. The first-order chi connectivity index (χ1) is 15.6. The van der Waals surface area contributed by atoms with Crippen LogP contribution in [0.3, 0.4) is 0 Å². The molecule has 0 spiro atoms. The third kappa shape index (κ3) is 15.1. The molecule has 0 saturated heterocycles. The maximum Gasteiger partial charge on any atom is 0.340 e. The third-order valence-corrected chi connectivity index (χ3v) is 10.0. The van der Waals surface area contributed by atoms with Crippen LogP contribution >= 0.6 is 15.2 Å². The summed E-state index contributed by atoms with van der Waals surface area (Å²) in [4.78, 5) is 37.0. The second kappa shape index (κ2) is 17.0. The average molecular weight is 507 g/mol. The Kier molecular flexibility index (Phi) is 15.7. The maximum atomic E-state index is 11.4. The van der Waals surface area contributed by atoms with E-state index in [0.717, 1.165) is 18.5 Å². The third-order valence-electron chi connectivity index (χ3n) is 6.16. The Morgan fingerprint density at radius 1 is 0.758 bits per heavy atom. The van der Waals surface area contributed by atoms with Gasteiger partial charge in [0.15, 0.2) is 17.8 Å². The second-order valence-corrected chi connectivity index (χ2v) is 13.3. The lowest BCUT2D eigenvalue weighted by Crippen LogP contribution is -2.33. The minimum Gasteiger partial charge on any atom is -0.324 e. The minimum atomic E-state index is -4.86. The monoisotopic (exact) mass is 506 g/mol. The highest BCUT2D eigenvalue weighted by Gasteiger charge is 2.42. The predicted octanol–water partition coefficient (Wildman–Crippen LogP) is 6.07. The van der Waals surface area contributed by atoms with Gasteiger partial charge in [-0.3, -0.25) is 9.13 Å². The molecular formula is C24H46NO6P2+. The minimum absolute atomic E-state index is 0.209. The van der Waals surface area contributed by atoms with E-state index in [9.17, 15) is 28.7 Å². The van der Waals surface area contributed by atoms with Gasteiger partial charge in [0.2, 0.25) is 0 Å². The first-order valence-electron chi connectivity index (χ1n) is 12.7. The highest BCUT2D eigenvalue weighted by molar-refractivity contribution is 7.70. The SMILES string of the molecule is CCCCCCCCCCCCCCCC[n+]1cccc(CCC(P(=O)(O)O)P(=O)(O)O)c1. The molecule has 0 saturated carbocycles.